The van der Waals surface area contributed by atoms with Gasteiger partial charge in [-0.1, -0.05) is 12.1 Å². The third kappa shape index (κ3) is 4.44. The van der Waals surface area contributed by atoms with E-state index in [1.165, 1.54) is 0 Å². The molecule has 0 fully saturated rings. The zero-order valence-corrected chi connectivity index (χ0v) is 10.6. The van der Waals surface area contributed by atoms with Crippen LogP contribution in [-0.4, -0.2) is 37.4 Å². The summed E-state index contributed by atoms with van der Waals surface area (Å²) in [6, 6.07) is 6.95. The van der Waals surface area contributed by atoms with Crippen molar-refractivity contribution in [2.45, 2.75) is 19.0 Å². The molecular weight excluding hydrogens is 232 g/mol. The number of methoxy groups -OCH3 is 1. The molecule has 0 spiro atoms. The molecule has 5 nitrogen and oxygen atoms in total. The van der Waals surface area contributed by atoms with Gasteiger partial charge in [-0.25, -0.2) is 0 Å². The minimum absolute atomic E-state index is 0.0143. The smallest absolute Gasteiger partial charge is 0.251 e. The number of hydrogen-bond donors (Lipinski definition) is 3. The van der Waals surface area contributed by atoms with E-state index < -0.39 is 0 Å². The molecule has 100 valence electrons. The summed E-state index contributed by atoms with van der Waals surface area (Å²) < 4.78 is 4.99. The number of aliphatic hydroxyl groups excluding tert-OH is 1. The molecular formula is C13H20N2O3. The van der Waals surface area contributed by atoms with E-state index in [1.54, 1.807) is 19.2 Å². The molecule has 18 heavy (non-hydrogen) atoms. The Kier molecular flexibility index (Phi) is 6.35. The number of nitrogens with two attached hydrogens (primary N) is 1. The van der Waals surface area contributed by atoms with Crippen LogP contribution in [0.5, 0.6) is 0 Å². The predicted molar refractivity (Wildman–Crippen MR) is 69.2 cm³/mol. The number of benzene rings is 1. The molecule has 4 N–H and O–H groups in total. The minimum Gasteiger partial charge on any atom is -0.396 e. The molecule has 0 saturated carbocycles. The van der Waals surface area contributed by atoms with Crippen LogP contribution in [0.2, 0.25) is 0 Å². The highest BCUT2D eigenvalue weighted by Crippen LogP contribution is 2.04. The number of aliphatic hydroxyl groups is 1. The Morgan fingerprint density at radius 2 is 2.11 bits per heavy atom. The van der Waals surface area contributed by atoms with Crippen molar-refractivity contribution in [1.29, 1.82) is 0 Å². The summed E-state index contributed by atoms with van der Waals surface area (Å²) in [5, 5.41) is 11.7. The van der Waals surface area contributed by atoms with Crippen LogP contribution < -0.4 is 11.1 Å². The Morgan fingerprint density at radius 3 is 2.61 bits per heavy atom. The van der Waals surface area contributed by atoms with Gasteiger partial charge in [0.05, 0.1) is 12.6 Å². The third-order valence-corrected chi connectivity index (χ3v) is 2.63. The number of nitrogens with one attached hydrogen (secondary N) is 1. The number of ether oxygens (including phenoxy) is 1. The van der Waals surface area contributed by atoms with Crippen LogP contribution in [0.25, 0.3) is 0 Å². The van der Waals surface area contributed by atoms with Crippen molar-refractivity contribution in [2.75, 3.05) is 20.3 Å². The lowest BCUT2D eigenvalue weighted by molar-refractivity contribution is 0.0878. The van der Waals surface area contributed by atoms with Gasteiger partial charge < -0.3 is 20.9 Å². The highest BCUT2D eigenvalue weighted by Gasteiger charge is 2.13. The maximum atomic E-state index is 11.9. The van der Waals surface area contributed by atoms with Gasteiger partial charge in [0.1, 0.15) is 0 Å². The Labute approximate surface area is 107 Å². The first kappa shape index (κ1) is 14.6. The number of carbonyl (C=O) groups is 1. The molecule has 0 aliphatic carbocycles. The van der Waals surface area contributed by atoms with Gasteiger partial charge in [0.15, 0.2) is 0 Å². The molecule has 1 unspecified atom stereocenters. The van der Waals surface area contributed by atoms with Crippen molar-refractivity contribution in [2.24, 2.45) is 5.73 Å². The molecule has 0 radical (unpaired) electrons. The molecule has 1 amide bonds. The number of amides is 1. The molecule has 0 aliphatic rings. The van der Waals surface area contributed by atoms with Gasteiger partial charge in [0.2, 0.25) is 0 Å². The predicted octanol–water partition coefficient (Wildman–Crippen LogP) is 0.272. The lowest BCUT2D eigenvalue weighted by atomic mass is 10.1. The SMILES string of the molecule is COCC(CCO)NC(=O)c1ccc(CN)cc1. The standard InChI is InChI=1S/C13H20N2O3/c1-18-9-12(6-7-16)15-13(17)11-4-2-10(8-14)3-5-11/h2-5,12,16H,6-9,14H2,1H3,(H,15,17). The second-order valence-electron chi connectivity index (χ2n) is 4.04. The van der Waals surface area contributed by atoms with Gasteiger partial charge >= 0.3 is 0 Å². The van der Waals surface area contributed by atoms with E-state index in [0.717, 1.165) is 5.56 Å². The highest BCUT2D eigenvalue weighted by atomic mass is 16.5. The summed E-state index contributed by atoms with van der Waals surface area (Å²) in [6.45, 7) is 0.853. The Bertz CT molecular complexity index is 359. The van der Waals surface area contributed by atoms with Crippen molar-refractivity contribution < 1.29 is 14.6 Å². The van der Waals surface area contributed by atoms with Gasteiger partial charge in [-0.2, -0.15) is 0 Å². The molecule has 0 saturated heterocycles. The second-order valence-corrected chi connectivity index (χ2v) is 4.04. The summed E-state index contributed by atoms with van der Waals surface area (Å²) in [7, 11) is 1.56. The zero-order chi connectivity index (χ0) is 13.4. The minimum atomic E-state index is -0.179. The molecule has 0 bridgehead atoms. The molecule has 0 heterocycles. The lowest BCUT2D eigenvalue weighted by Crippen LogP contribution is -2.38. The third-order valence-electron chi connectivity index (χ3n) is 2.63. The second kappa shape index (κ2) is 7.81. The topological polar surface area (TPSA) is 84.6 Å². The average Bonchev–Trinajstić information content (AvgIpc) is 2.39. The Hall–Kier alpha value is -1.43. The van der Waals surface area contributed by atoms with E-state index in [0.29, 0.717) is 25.1 Å². The zero-order valence-electron chi connectivity index (χ0n) is 10.6. The van der Waals surface area contributed by atoms with Gasteiger partial charge in [0.25, 0.3) is 5.91 Å². The first-order chi connectivity index (χ1) is 8.71. The van der Waals surface area contributed by atoms with Crippen LogP contribution in [-0.2, 0) is 11.3 Å². The summed E-state index contributed by atoms with van der Waals surface area (Å²) in [6.07, 6.45) is 0.473. The first-order valence-corrected chi connectivity index (χ1v) is 5.91. The molecule has 1 atom stereocenters. The van der Waals surface area contributed by atoms with Crippen molar-refractivity contribution in [3.8, 4) is 0 Å². The molecule has 1 aromatic rings. The van der Waals surface area contributed by atoms with Crippen molar-refractivity contribution in [3.05, 3.63) is 35.4 Å². The largest absolute Gasteiger partial charge is 0.396 e. The van der Waals surface area contributed by atoms with E-state index in [9.17, 15) is 4.79 Å². The summed E-state index contributed by atoms with van der Waals surface area (Å²) in [5.41, 5.74) is 7.05. The highest BCUT2D eigenvalue weighted by molar-refractivity contribution is 5.94. The maximum absolute atomic E-state index is 11.9. The van der Waals surface area contributed by atoms with Crippen molar-refractivity contribution in [3.63, 3.8) is 0 Å². The Morgan fingerprint density at radius 1 is 1.44 bits per heavy atom. The fourth-order valence-corrected chi connectivity index (χ4v) is 1.62. The fourth-order valence-electron chi connectivity index (χ4n) is 1.62. The summed E-state index contributed by atoms with van der Waals surface area (Å²) >= 11 is 0. The lowest BCUT2D eigenvalue weighted by Gasteiger charge is -2.16. The van der Waals surface area contributed by atoms with E-state index in [2.05, 4.69) is 5.32 Å². The van der Waals surface area contributed by atoms with Crippen LogP contribution in [0.4, 0.5) is 0 Å². The van der Waals surface area contributed by atoms with Crippen LogP contribution in [0.1, 0.15) is 22.3 Å². The summed E-state index contributed by atoms with van der Waals surface area (Å²) in [5.74, 6) is -0.172. The van der Waals surface area contributed by atoms with Gasteiger partial charge in [-0.15, -0.1) is 0 Å². The van der Waals surface area contributed by atoms with Crippen molar-refractivity contribution >= 4 is 5.91 Å². The van der Waals surface area contributed by atoms with Crippen LogP contribution >= 0.6 is 0 Å². The van der Waals surface area contributed by atoms with E-state index in [1.807, 2.05) is 12.1 Å². The average molecular weight is 252 g/mol. The number of carbonyl (C=O) groups excluding carboxylic acids is 1. The molecule has 0 aliphatic heterocycles. The number of rotatable bonds is 7. The molecule has 5 heteroatoms. The normalized spacial score (nSPS) is 12.2. The van der Waals surface area contributed by atoms with E-state index >= 15 is 0 Å². The van der Waals surface area contributed by atoms with Crippen molar-refractivity contribution in [1.82, 2.24) is 5.32 Å². The monoisotopic (exact) mass is 252 g/mol. The quantitative estimate of drug-likeness (QED) is 0.650. The molecule has 1 rings (SSSR count). The van der Waals surface area contributed by atoms with Gasteiger partial charge in [-0.05, 0) is 24.1 Å². The molecule has 0 aromatic heterocycles. The molecule has 1 aromatic carbocycles. The first-order valence-electron chi connectivity index (χ1n) is 5.91. The van der Waals surface area contributed by atoms with Gasteiger partial charge in [-0.3, -0.25) is 4.79 Å². The van der Waals surface area contributed by atoms with Crippen LogP contribution in [0.3, 0.4) is 0 Å². The maximum Gasteiger partial charge on any atom is 0.251 e. The fraction of sp³-hybridized carbons (Fsp3) is 0.462. The van der Waals surface area contributed by atoms with Crippen LogP contribution in [0, 0.1) is 0 Å². The number of hydrogen-bond acceptors (Lipinski definition) is 4. The van der Waals surface area contributed by atoms with E-state index in [-0.39, 0.29) is 18.6 Å². The van der Waals surface area contributed by atoms with Crippen LogP contribution in [0.15, 0.2) is 24.3 Å². The van der Waals surface area contributed by atoms with Gasteiger partial charge in [0, 0.05) is 25.8 Å². The Balaban J connectivity index is 2.61. The van der Waals surface area contributed by atoms with E-state index in [4.69, 9.17) is 15.6 Å². The summed E-state index contributed by atoms with van der Waals surface area (Å²) in [4.78, 5) is 11.9.